The van der Waals surface area contributed by atoms with Gasteiger partial charge in [0.25, 0.3) is 5.91 Å². The third-order valence-corrected chi connectivity index (χ3v) is 6.23. The molecule has 166 valence electrons. The lowest BCUT2D eigenvalue weighted by atomic mass is 10.1. The fourth-order valence-electron chi connectivity index (χ4n) is 3.60. The predicted octanol–water partition coefficient (Wildman–Crippen LogP) is 5.48. The summed E-state index contributed by atoms with van der Waals surface area (Å²) in [5, 5.41) is 3.61. The van der Waals surface area contributed by atoms with Crippen LogP contribution in [0.2, 0.25) is 0 Å². The lowest BCUT2D eigenvalue weighted by molar-refractivity contribution is 0.103. The van der Waals surface area contributed by atoms with Crippen LogP contribution in [0.3, 0.4) is 0 Å². The van der Waals surface area contributed by atoms with E-state index in [2.05, 4.69) is 5.32 Å². The fraction of sp³-hybridized carbons (Fsp3) is 0.120. The quantitative estimate of drug-likeness (QED) is 0.411. The van der Waals surface area contributed by atoms with Crippen molar-refractivity contribution in [3.05, 3.63) is 71.6 Å². The van der Waals surface area contributed by atoms with Gasteiger partial charge in [-0.3, -0.25) is 4.79 Å². The molecule has 3 aromatic carbocycles. The van der Waals surface area contributed by atoms with Gasteiger partial charge in [0.15, 0.2) is 23.0 Å². The van der Waals surface area contributed by atoms with E-state index in [1.807, 2.05) is 48.5 Å². The van der Waals surface area contributed by atoms with Crippen LogP contribution in [-0.4, -0.2) is 31.9 Å². The Morgan fingerprint density at radius 2 is 1.79 bits per heavy atom. The lowest BCUT2D eigenvalue weighted by Crippen LogP contribution is -2.11. The van der Waals surface area contributed by atoms with Gasteiger partial charge in [-0.15, -0.1) is 11.3 Å². The zero-order chi connectivity index (χ0) is 22.8. The highest BCUT2D eigenvalue weighted by Crippen LogP contribution is 2.42. The van der Waals surface area contributed by atoms with E-state index >= 15 is 0 Å². The van der Waals surface area contributed by atoms with Crippen molar-refractivity contribution in [2.24, 2.45) is 0 Å². The number of methoxy groups -OCH3 is 2. The Morgan fingerprint density at radius 3 is 2.58 bits per heavy atom. The molecule has 0 unspecified atom stereocenters. The minimum Gasteiger partial charge on any atom is -0.493 e. The van der Waals surface area contributed by atoms with Gasteiger partial charge in [-0.2, -0.15) is 0 Å². The van der Waals surface area contributed by atoms with Crippen LogP contribution in [-0.2, 0) is 0 Å². The summed E-state index contributed by atoms with van der Waals surface area (Å²) >= 11 is 1.29. The summed E-state index contributed by atoms with van der Waals surface area (Å²) in [6.07, 6.45) is 0. The summed E-state index contributed by atoms with van der Waals surface area (Å²) < 4.78 is 21.8. The van der Waals surface area contributed by atoms with Crippen LogP contribution >= 0.6 is 11.3 Å². The van der Waals surface area contributed by atoms with Gasteiger partial charge in [0.2, 0.25) is 6.79 Å². The fourth-order valence-corrected chi connectivity index (χ4v) is 4.60. The van der Waals surface area contributed by atoms with E-state index in [9.17, 15) is 4.79 Å². The van der Waals surface area contributed by atoms with Crippen LogP contribution in [0.4, 0.5) is 5.69 Å². The molecule has 4 aromatic rings. The Kier molecular flexibility index (Phi) is 5.58. The topological polar surface area (TPSA) is 78.9 Å². The lowest BCUT2D eigenvalue weighted by Gasteiger charge is -2.10. The van der Waals surface area contributed by atoms with E-state index in [0.717, 1.165) is 11.1 Å². The number of ether oxygens (including phenoxy) is 4. The molecule has 0 aliphatic carbocycles. The van der Waals surface area contributed by atoms with Gasteiger partial charge in [0.1, 0.15) is 9.88 Å². The molecule has 1 aliphatic heterocycles. The Balaban J connectivity index is 1.57. The number of hydrogen-bond acceptors (Lipinski definition) is 7. The average molecular weight is 461 g/mol. The smallest absolute Gasteiger partial charge is 0.268 e. The number of thiazole rings is 1. The van der Waals surface area contributed by atoms with Crippen molar-refractivity contribution in [2.75, 3.05) is 26.3 Å². The number of rotatable bonds is 6. The first-order chi connectivity index (χ1) is 16.2. The number of nitrogens with one attached hydrogen (secondary N) is 1. The Morgan fingerprint density at radius 1 is 0.970 bits per heavy atom. The van der Waals surface area contributed by atoms with Gasteiger partial charge in [-0.1, -0.05) is 36.4 Å². The molecule has 1 amide bonds. The number of aromatic nitrogens is 1. The zero-order valence-corrected chi connectivity index (χ0v) is 18.8. The molecule has 7 nitrogen and oxygen atoms in total. The molecule has 8 heteroatoms. The molecule has 0 bridgehead atoms. The monoisotopic (exact) mass is 460 g/mol. The van der Waals surface area contributed by atoms with Crippen LogP contribution in [0, 0.1) is 0 Å². The first kappa shape index (κ1) is 20.8. The maximum absolute atomic E-state index is 13.4. The van der Waals surface area contributed by atoms with E-state index < -0.39 is 0 Å². The second-order valence-electron chi connectivity index (χ2n) is 7.13. The summed E-state index contributed by atoms with van der Waals surface area (Å²) in [7, 11) is 3.17. The van der Waals surface area contributed by atoms with E-state index in [4.69, 9.17) is 23.9 Å². The van der Waals surface area contributed by atoms with Crippen LogP contribution in [0.5, 0.6) is 23.0 Å². The highest BCUT2D eigenvalue weighted by Gasteiger charge is 2.24. The molecular weight excluding hydrogens is 440 g/mol. The normalized spacial score (nSPS) is 11.8. The number of hydrogen-bond donors (Lipinski definition) is 1. The summed E-state index contributed by atoms with van der Waals surface area (Å²) in [6, 6.07) is 20.5. The van der Waals surface area contributed by atoms with Crippen molar-refractivity contribution in [3.8, 4) is 44.8 Å². The summed E-state index contributed by atoms with van der Waals surface area (Å²) in [5.74, 6) is 2.15. The molecule has 1 aliphatic rings. The number of para-hydroxylation sites is 1. The molecule has 1 aromatic heterocycles. The maximum Gasteiger partial charge on any atom is 0.268 e. The first-order valence-corrected chi connectivity index (χ1v) is 11.0. The van der Waals surface area contributed by atoms with Gasteiger partial charge >= 0.3 is 0 Å². The Labute approximate surface area is 194 Å². The summed E-state index contributed by atoms with van der Waals surface area (Å²) in [4.78, 5) is 18.7. The molecular formula is C25H20N2O5S. The molecule has 0 atom stereocenters. The molecule has 2 heterocycles. The number of carbonyl (C=O) groups excluding carboxylic acids is 1. The van der Waals surface area contributed by atoms with Gasteiger partial charge in [0, 0.05) is 17.3 Å². The number of nitrogens with zero attached hydrogens (tertiary/aromatic N) is 1. The largest absolute Gasteiger partial charge is 0.493 e. The van der Waals surface area contributed by atoms with Crippen LogP contribution in [0.1, 0.15) is 9.67 Å². The van der Waals surface area contributed by atoms with Gasteiger partial charge in [-0.05, 0) is 24.3 Å². The summed E-state index contributed by atoms with van der Waals surface area (Å²) in [6.45, 7) is 0.172. The second-order valence-corrected chi connectivity index (χ2v) is 8.13. The molecule has 1 N–H and O–H groups in total. The molecule has 5 rings (SSSR count). The average Bonchev–Trinajstić information content (AvgIpc) is 3.51. The van der Waals surface area contributed by atoms with Crippen molar-refractivity contribution in [2.45, 2.75) is 0 Å². The minimum atomic E-state index is -0.265. The number of benzene rings is 3. The summed E-state index contributed by atoms with van der Waals surface area (Å²) in [5.41, 5.74) is 2.80. The maximum atomic E-state index is 13.4. The Hall–Kier alpha value is -4.04. The standard InChI is InChI=1S/C25H20N2O5S/c1-29-19-10-6-9-17(22(19)30-2)25-27-21(15-7-4-3-5-8-15)23(33-25)24(28)26-16-11-12-18-20(13-16)32-14-31-18/h3-13H,14H2,1-2H3,(H,26,28). The van der Waals surface area contributed by atoms with Crippen molar-refractivity contribution in [1.29, 1.82) is 0 Å². The van der Waals surface area contributed by atoms with Gasteiger partial charge in [0.05, 0.1) is 25.5 Å². The third-order valence-electron chi connectivity index (χ3n) is 5.14. The molecule has 0 saturated heterocycles. The molecule has 0 radical (unpaired) electrons. The van der Waals surface area contributed by atoms with E-state index in [-0.39, 0.29) is 12.7 Å². The molecule has 0 saturated carbocycles. The second kappa shape index (κ2) is 8.84. The number of fused-ring (bicyclic) bond motifs is 1. The number of amides is 1. The molecule has 0 spiro atoms. The highest BCUT2D eigenvalue weighted by atomic mass is 32.1. The number of anilines is 1. The minimum absolute atomic E-state index is 0.172. The zero-order valence-electron chi connectivity index (χ0n) is 18.0. The first-order valence-electron chi connectivity index (χ1n) is 10.2. The SMILES string of the molecule is COc1cccc(-c2nc(-c3ccccc3)c(C(=O)Nc3ccc4c(c3)OCO4)s2)c1OC. The van der Waals surface area contributed by atoms with Crippen molar-refractivity contribution >= 4 is 22.9 Å². The molecule has 0 fully saturated rings. The van der Waals surface area contributed by atoms with E-state index in [0.29, 0.717) is 44.3 Å². The van der Waals surface area contributed by atoms with Crippen molar-refractivity contribution in [3.63, 3.8) is 0 Å². The van der Waals surface area contributed by atoms with Crippen LogP contribution in [0.15, 0.2) is 66.7 Å². The van der Waals surface area contributed by atoms with Gasteiger partial charge < -0.3 is 24.3 Å². The number of carbonyl (C=O) groups is 1. The van der Waals surface area contributed by atoms with Crippen LogP contribution < -0.4 is 24.3 Å². The van der Waals surface area contributed by atoms with E-state index in [1.54, 1.807) is 32.4 Å². The van der Waals surface area contributed by atoms with Crippen molar-refractivity contribution in [1.82, 2.24) is 4.98 Å². The highest BCUT2D eigenvalue weighted by molar-refractivity contribution is 7.17. The third kappa shape index (κ3) is 3.96. The van der Waals surface area contributed by atoms with Crippen LogP contribution in [0.25, 0.3) is 21.8 Å². The predicted molar refractivity (Wildman–Crippen MR) is 127 cm³/mol. The molecule has 33 heavy (non-hydrogen) atoms. The van der Waals surface area contributed by atoms with Gasteiger partial charge in [-0.25, -0.2) is 4.98 Å². The van der Waals surface area contributed by atoms with Crippen molar-refractivity contribution < 1.29 is 23.7 Å². The Bertz CT molecular complexity index is 1320. The van der Waals surface area contributed by atoms with E-state index in [1.165, 1.54) is 11.3 Å².